The summed E-state index contributed by atoms with van der Waals surface area (Å²) in [5.41, 5.74) is 6.64. The van der Waals surface area contributed by atoms with Crippen LogP contribution in [0.3, 0.4) is 0 Å². The summed E-state index contributed by atoms with van der Waals surface area (Å²) in [6.45, 7) is 6.28. The van der Waals surface area contributed by atoms with Crippen LogP contribution >= 0.6 is 0 Å². The molecule has 0 aliphatic carbocycles. The monoisotopic (exact) mass is 347 g/mol. The second kappa shape index (κ2) is 9.42. The third-order valence-electron chi connectivity index (χ3n) is 4.50. The maximum absolute atomic E-state index is 12.4. The predicted octanol–water partition coefficient (Wildman–Crippen LogP) is 1.50. The molecular weight excluding hydrogens is 318 g/mol. The highest BCUT2D eigenvalue weighted by molar-refractivity contribution is 5.82. The van der Waals surface area contributed by atoms with Crippen LogP contribution in [0.25, 0.3) is 0 Å². The minimum atomic E-state index is -0.158. The highest BCUT2D eigenvalue weighted by Crippen LogP contribution is 2.20. The van der Waals surface area contributed by atoms with Crippen molar-refractivity contribution in [3.8, 4) is 5.75 Å². The van der Waals surface area contributed by atoms with Crippen molar-refractivity contribution in [1.82, 2.24) is 10.2 Å². The first-order valence-electron chi connectivity index (χ1n) is 8.99. The first-order chi connectivity index (χ1) is 12.0. The number of hydrogen-bond acceptors (Lipinski definition) is 4. The average Bonchev–Trinajstić information content (AvgIpc) is 2.64. The highest BCUT2D eigenvalue weighted by Gasteiger charge is 2.28. The summed E-state index contributed by atoms with van der Waals surface area (Å²) in [6, 6.07) is 7.82. The number of benzene rings is 1. The Hall–Kier alpha value is -2.08. The molecule has 1 aromatic rings. The number of nitrogens with zero attached hydrogens (tertiary/aromatic N) is 1. The fourth-order valence-corrected chi connectivity index (χ4v) is 2.94. The minimum Gasteiger partial charge on any atom is -0.484 e. The molecule has 1 heterocycles. The molecule has 1 aromatic carbocycles. The summed E-state index contributed by atoms with van der Waals surface area (Å²) >= 11 is 0. The van der Waals surface area contributed by atoms with Crippen molar-refractivity contribution in [2.45, 2.75) is 32.6 Å². The molecule has 2 rings (SSSR count). The molecule has 3 N–H and O–H groups in total. The van der Waals surface area contributed by atoms with Gasteiger partial charge in [0.1, 0.15) is 5.75 Å². The van der Waals surface area contributed by atoms with Crippen LogP contribution in [-0.4, -0.2) is 49.5 Å². The summed E-state index contributed by atoms with van der Waals surface area (Å²) in [5.74, 6) is 0.894. The van der Waals surface area contributed by atoms with Crippen molar-refractivity contribution < 1.29 is 14.3 Å². The van der Waals surface area contributed by atoms with Gasteiger partial charge >= 0.3 is 0 Å². The number of nitrogens with two attached hydrogens (primary N) is 1. The van der Waals surface area contributed by atoms with Gasteiger partial charge in [-0.15, -0.1) is 0 Å². The Kier molecular flexibility index (Phi) is 7.25. The minimum absolute atomic E-state index is 0.00182. The lowest BCUT2D eigenvalue weighted by Gasteiger charge is -2.32. The smallest absolute Gasteiger partial charge is 0.260 e. The molecule has 1 atom stereocenters. The van der Waals surface area contributed by atoms with Crippen molar-refractivity contribution in [3.05, 3.63) is 29.8 Å². The van der Waals surface area contributed by atoms with E-state index in [1.165, 1.54) is 5.56 Å². The molecule has 0 aromatic heterocycles. The molecule has 1 aliphatic rings. The van der Waals surface area contributed by atoms with Crippen LogP contribution in [0.2, 0.25) is 0 Å². The average molecular weight is 347 g/mol. The topological polar surface area (TPSA) is 84.7 Å². The lowest BCUT2D eigenvalue weighted by atomic mass is 9.97. The SMILES string of the molecule is CC(C)c1ccc(OCC(=O)N2CCCC(C(=O)NCCN)C2)cc1. The molecule has 1 saturated heterocycles. The number of hydrogen-bond donors (Lipinski definition) is 2. The first-order valence-corrected chi connectivity index (χ1v) is 8.99. The van der Waals surface area contributed by atoms with Gasteiger partial charge in [0.2, 0.25) is 5.91 Å². The Balaban J connectivity index is 1.82. The van der Waals surface area contributed by atoms with Crippen molar-refractivity contribution in [2.75, 3.05) is 32.8 Å². The third kappa shape index (κ3) is 5.74. The van der Waals surface area contributed by atoms with E-state index in [1.807, 2.05) is 24.3 Å². The molecule has 1 aliphatic heterocycles. The van der Waals surface area contributed by atoms with Gasteiger partial charge in [0.15, 0.2) is 6.61 Å². The van der Waals surface area contributed by atoms with E-state index in [1.54, 1.807) is 4.90 Å². The second-order valence-corrected chi connectivity index (χ2v) is 6.77. The van der Waals surface area contributed by atoms with E-state index in [0.29, 0.717) is 37.8 Å². The normalized spacial score (nSPS) is 17.4. The molecular formula is C19H29N3O3. The van der Waals surface area contributed by atoms with Crippen molar-refractivity contribution in [1.29, 1.82) is 0 Å². The van der Waals surface area contributed by atoms with E-state index >= 15 is 0 Å². The van der Waals surface area contributed by atoms with Crippen LogP contribution in [0, 0.1) is 5.92 Å². The number of piperidine rings is 1. The zero-order valence-corrected chi connectivity index (χ0v) is 15.2. The third-order valence-corrected chi connectivity index (χ3v) is 4.50. The molecule has 6 heteroatoms. The van der Waals surface area contributed by atoms with Gasteiger partial charge < -0.3 is 20.7 Å². The standard InChI is InChI=1S/C19H29N3O3/c1-14(2)15-5-7-17(8-6-15)25-13-18(23)22-11-3-4-16(12-22)19(24)21-10-9-20/h5-8,14,16H,3-4,9-13,20H2,1-2H3,(H,21,24). The van der Waals surface area contributed by atoms with Crippen LogP contribution in [0.4, 0.5) is 0 Å². The van der Waals surface area contributed by atoms with E-state index in [9.17, 15) is 9.59 Å². The number of nitrogens with one attached hydrogen (secondary N) is 1. The molecule has 25 heavy (non-hydrogen) atoms. The Labute approximate surface area is 149 Å². The summed E-state index contributed by atoms with van der Waals surface area (Å²) < 4.78 is 5.61. The van der Waals surface area contributed by atoms with Gasteiger partial charge in [-0.1, -0.05) is 26.0 Å². The van der Waals surface area contributed by atoms with Crippen LogP contribution in [0.15, 0.2) is 24.3 Å². The van der Waals surface area contributed by atoms with Crippen LogP contribution in [0.5, 0.6) is 5.75 Å². The highest BCUT2D eigenvalue weighted by atomic mass is 16.5. The van der Waals surface area contributed by atoms with Crippen LogP contribution in [0.1, 0.15) is 38.2 Å². The van der Waals surface area contributed by atoms with E-state index in [0.717, 1.165) is 12.8 Å². The summed E-state index contributed by atoms with van der Waals surface area (Å²) in [7, 11) is 0. The number of likely N-dealkylation sites (tertiary alicyclic amines) is 1. The number of carbonyl (C=O) groups excluding carboxylic acids is 2. The van der Waals surface area contributed by atoms with E-state index in [-0.39, 0.29) is 24.3 Å². The maximum Gasteiger partial charge on any atom is 0.260 e. The van der Waals surface area contributed by atoms with E-state index in [2.05, 4.69) is 19.2 Å². The van der Waals surface area contributed by atoms with Gasteiger partial charge in [-0.3, -0.25) is 9.59 Å². The summed E-state index contributed by atoms with van der Waals surface area (Å²) in [4.78, 5) is 26.2. The second-order valence-electron chi connectivity index (χ2n) is 6.77. The summed E-state index contributed by atoms with van der Waals surface area (Å²) in [5, 5.41) is 2.80. The van der Waals surface area contributed by atoms with Crippen molar-refractivity contribution in [2.24, 2.45) is 11.7 Å². The van der Waals surface area contributed by atoms with E-state index < -0.39 is 0 Å². The lowest BCUT2D eigenvalue weighted by Crippen LogP contribution is -2.47. The molecule has 0 spiro atoms. The Morgan fingerprint density at radius 2 is 2.04 bits per heavy atom. The molecule has 2 amide bonds. The summed E-state index contributed by atoms with van der Waals surface area (Å²) in [6.07, 6.45) is 1.63. The number of amides is 2. The molecule has 1 fully saturated rings. The largest absolute Gasteiger partial charge is 0.484 e. The number of ether oxygens (including phenoxy) is 1. The molecule has 1 unspecified atom stereocenters. The zero-order chi connectivity index (χ0) is 18.2. The molecule has 0 bridgehead atoms. The van der Waals surface area contributed by atoms with Gasteiger partial charge in [-0.25, -0.2) is 0 Å². The fourth-order valence-electron chi connectivity index (χ4n) is 2.94. The van der Waals surface area contributed by atoms with Gasteiger partial charge in [0.25, 0.3) is 5.91 Å². The van der Waals surface area contributed by atoms with Gasteiger partial charge in [0, 0.05) is 26.2 Å². The number of rotatable bonds is 7. The lowest BCUT2D eigenvalue weighted by molar-refractivity contribution is -0.137. The molecule has 138 valence electrons. The maximum atomic E-state index is 12.4. The first kappa shape index (κ1) is 19.2. The predicted molar refractivity (Wildman–Crippen MR) is 97.4 cm³/mol. The Bertz CT molecular complexity index is 572. The number of carbonyl (C=O) groups is 2. The molecule has 0 radical (unpaired) electrons. The molecule has 0 saturated carbocycles. The Morgan fingerprint density at radius 1 is 1.32 bits per heavy atom. The van der Waals surface area contributed by atoms with Gasteiger partial charge in [0.05, 0.1) is 5.92 Å². The van der Waals surface area contributed by atoms with Crippen LogP contribution < -0.4 is 15.8 Å². The van der Waals surface area contributed by atoms with Gasteiger partial charge in [-0.05, 0) is 36.5 Å². The zero-order valence-electron chi connectivity index (χ0n) is 15.2. The van der Waals surface area contributed by atoms with Crippen molar-refractivity contribution >= 4 is 11.8 Å². The van der Waals surface area contributed by atoms with Crippen LogP contribution in [-0.2, 0) is 9.59 Å². The Morgan fingerprint density at radius 3 is 2.68 bits per heavy atom. The molecule has 6 nitrogen and oxygen atoms in total. The fraction of sp³-hybridized carbons (Fsp3) is 0.579. The van der Waals surface area contributed by atoms with Gasteiger partial charge in [-0.2, -0.15) is 0 Å². The quantitative estimate of drug-likeness (QED) is 0.783. The van der Waals surface area contributed by atoms with E-state index in [4.69, 9.17) is 10.5 Å². The van der Waals surface area contributed by atoms with Crippen molar-refractivity contribution in [3.63, 3.8) is 0 Å².